The Kier molecular flexibility index (Phi) is 5.96. The van der Waals surface area contributed by atoms with Crippen LogP contribution in [0.1, 0.15) is 6.92 Å². The number of halogens is 8. The van der Waals surface area contributed by atoms with E-state index >= 15 is 0 Å². The van der Waals surface area contributed by atoms with Crippen molar-refractivity contribution in [2.24, 2.45) is 0 Å². The number of ether oxygens (including phenoxy) is 1. The van der Waals surface area contributed by atoms with Gasteiger partial charge in [0.05, 0.1) is 0 Å². The summed E-state index contributed by atoms with van der Waals surface area (Å²) < 4.78 is 85.9. The average Bonchev–Trinajstić information content (AvgIpc) is 1.47. The van der Waals surface area contributed by atoms with Gasteiger partial charge in [0.1, 0.15) is 0 Å². The van der Waals surface area contributed by atoms with Crippen molar-refractivity contribution in [2.45, 2.75) is 26.1 Å². The highest BCUT2D eigenvalue weighted by Gasteiger charge is 2.45. The van der Waals surface area contributed by atoms with Gasteiger partial charge in [-0.2, -0.15) is 4.74 Å². The predicted octanol–water partition coefficient (Wildman–Crippen LogP) is 3.31. The maximum Gasteiger partial charge on any atom is 0.529 e. The van der Waals surface area contributed by atoms with Crippen molar-refractivity contribution in [3.63, 3.8) is 0 Å². The highest BCUT2D eigenvalue weighted by atomic mass is 19.4. The minimum Gasteiger partial charge on any atom is -0.211 e. The van der Waals surface area contributed by atoms with E-state index in [2.05, 4.69) is 0 Å². The van der Waals surface area contributed by atoms with Crippen LogP contribution in [0.3, 0.4) is 0 Å². The van der Waals surface area contributed by atoms with Gasteiger partial charge in [-0.25, -0.2) is 8.78 Å². The summed E-state index contributed by atoms with van der Waals surface area (Å²) in [6.07, 6.45) is -13.4. The van der Waals surface area contributed by atoms with Crippen LogP contribution in [-0.4, -0.2) is 19.2 Å². The van der Waals surface area contributed by atoms with Gasteiger partial charge in [0.15, 0.2) is 0 Å². The molecule has 0 rings (SSSR count). The van der Waals surface area contributed by atoms with Gasteiger partial charge in [0.2, 0.25) is 6.43 Å². The Morgan fingerprint density at radius 1 is 0.846 bits per heavy atom. The van der Waals surface area contributed by atoms with Gasteiger partial charge in [-0.05, 0) is 6.92 Å². The number of rotatable bonds is 0. The molecular formula is C4H4F8O. The van der Waals surface area contributed by atoms with Crippen molar-refractivity contribution in [2.75, 3.05) is 0 Å². The van der Waals surface area contributed by atoms with E-state index in [1.54, 1.807) is 4.74 Å². The van der Waals surface area contributed by atoms with E-state index in [9.17, 15) is 35.1 Å². The molecule has 0 spiro atoms. The molecule has 0 saturated carbocycles. The standard InChI is InChI=1S/C2F6O.C2H4F2/c3-1(4,5)9-2(6,7)8;1-2(3)4/h;2H,1H3. The number of alkyl halides is 8. The molecule has 0 bridgehead atoms. The molecule has 0 saturated heterocycles. The van der Waals surface area contributed by atoms with E-state index in [4.69, 9.17) is 0 Å². The molecule has 82 valence electrons. The van der Waals surface area contributed by atoms with Crippen LogP contribution >= 0.6 is 0 Å². The van der Waals surface area contributed by atoms with Crippen molar-refractivity contribution < 1.29 is 39.9 Å². The predicted molar refractivity (Wildman–Crippen MR) is 24.9 cm³/mol. The quantitative estimate of drug-likeness (QED) is 0.569. The summed E-state index contributed by atoms with van der Waals surface area (Å²) in [6.45, 7) is 0.833. The van der Waals surface area contributed by atoms with Gasteiger partial charge in [0, 0.05) is 0 Å². The fourth-order valence-corrected chi connectivity index (χ4v) is 0.131. The Morgan fingerprint density at radius 3 is 1.00 bits per heavy atom. The molecule has 0 radical (unpaired) electrons. The Labute approximate surface area is 67.3 Å². The second-order valence-corrected chi connectivity index (χ2v) is 1.51. The molecule has 0 aromatic heterocycles. The molecule has 0 aromatic carbocycles. The summed E-state index contributed by atoms with van der Waals surface area (Å²) in [5, 5.41) is 0. The summed E-state index contributed by atoms with van der Waals surface area (Å²) in [4.78, 5) is 0. The first kappa shape index (κ1) is 14.9. The summed E-state index contributed by atoms with van der Waals surface area (Å²) >= 11 is 0. The van der Waals surface area contributed by atoms with Crippen molar-refractivity contribution in [1.29, 1.82) is 0 Å². The molecule has 0 atom stereocenters. The first-order valence-electron chi connectivity index (χ1n) is 2.56. The Hall–Kier alpha value is -0.600. The van der Waals surface area contributed by atoms with Crippen LogP contribution in [0, 0.1) is 0 Å². The van der Waals surface area contributed by atoms with E-state index in [-0.39, 0.29) is 0 Å². The average molecular weight is 220 g/mol. The Morgan fingerprint density at radius 2 is 1.00 bits per heavy atom. The molecule has 0 unspecified atom stereocenters. The van der Waals surface area contributed by atoms with Crippen LogP contribution < -0.4 is 0 Å². The van der Waals surface area contributed by atoms with E-state index in [1.165, 1.54) is 0 Å². The number of hydrogen-bond acceptors (Lipinski definition) is 1. The van der Waals surface area contributed by atoms with E-state index in [0.717, 1.165) is 6.92 Å². The lowest BCUT2D eigenvalue weighted by Crippen LogP contribution is -2.25. The van der Waals surface area contributed by atoms with Crippen molar-refractivity contribution in [3.8, 4) is 0 Å². The van der Waals surface area contributed by atoms with Gasteiger partial charge in [-0.3, -0.25) is 0 Å². The molecule has 0 aliphatic carbocycles. The fraction of sp³-hybridized carbons (Fsp3) is 1.00. The highest BCUT2D eigenvalue weighted by molar-refractivity contribution is 4.30. The molecule has 0 heterocycles. The van der Waals surface area contributed by atoms with Gasteiger partial charge < -0.3 is 0 Å². The topological polar surface area (TPSA) is 9.23 Å². The molecule has 9 heteroatoms. The largest absolute Gasteiger partial charge is 0.529 e. The van der Waals surface area contributed by atoms with Crippen LogP contribution in [0.2, 0.25) is 0 Å². The molecule has 0 amide bonds. The van der Waals surface area contributed by atoms with E-state index in [1.807, 2.05) is 0 Å². The van der Waals surface area contributed by atoms with Crippen LogP contribution in [0.5, 0.6) is 0 Å². The molecule has 0 aliphatic rings. The fourth-order valence-electron chi connectivity index (χ4n) is 0.131. The van der Waals surface area contributed by atoms with Crippen molar-refractivity contribution in [1.82, 2.24) is 0 Å². The second-order valence-electron chi connectivity index (χ2n) is 1.51. The first-order chi connectivity index (χ1) is 5.44. The Bertz CT molecular complexity index is 108. The smallest absolute Gasteiger partial charge is 0.211 e. The van der Waals surface area contributed by atoms with E-state index in [0.29, 0.717) is 0 Å². The molecule has 0 N–H and O–H groups in total. The van der Waals surface area contributed by atoms with Crippen molar-refractivity contribution in [3.05, 3.63) is 0 Å². The normalized spacial score (nSPS) is 12.5. The zero-order valence-corrected chi connectivity index (χ0v) is 6.01. The van der Waals surface area contributed by atoms with Crippen LogP contribution in [-0.2, 0) is 4.74 Å². The number of hydrogen-bond donors (Lipinski definition) is 0. The lowest BCUT2D eigenvalue weighted by atomic mass is 10.9. The lowest BCUT2D eigenvalue weighted by Gasteiger charge is -2.08. The lowest BCUT2D eigenvalue weighted by molar-refractivity contribution is -0.463. The Balaban J connectivity index is 0. The zero-order chi connectivity index (χ0) is 11.3. The summed E-state index contributed by atoms with van der Waals surface area (Å²) in [5.41, 5.74) is 0. The third-order valence-corrected chi connectivity index (χ3v) is 0.231. The molecule has 13 heavy (non-hydrogen) atoms. The van der Waals surface area contributed by atoms with Crippen LogP contribution in [0.15, 0.2) is 0 Å². The minimum atomic E-state index is -5.64. The molecule has 0 aliphatic heterocycles. The summed E-state index contributed by atoms with van der Waals surface area (Å²) in [7, 11) is 0. The SMILES string of the molecule is CC(F)F.FC(F)(F)OC(F)(F)F. The van der Waals surface area contributed by atoms with Crippen LogP contribution in [0.25, 0.3) is 0 Å². The summed E-state index contributed by atoms with van der Waals surface area (Å²) in [5.74, 6) is 0. The highest BCUT2D eigenvalue weighted by Crippen LogP contribution is 2.28. The molecule has 0 aromatic rings. The van der Waals surface area contributed by atoms with E-state index < -0.39 is 19.2 Å². The van der Waals surface area contributed by atoms with Gasteiger partial charge in [-0.1, -0.05) is 0 Å². The van der Waals surface area contributed by atoms with Gasteiger partial charge >= 0.3 is 12.7 Å². The van der Waals surface area contributed by atoms with Crippen molar-refractivity contribution >= 4 is 0 Å². The van der Waals surface area contributed by atoms with Gasteiger partial charge in [-0.15, -0.1) is 26.3 Å². The monoisotopic (exact) mass is 220 g/mol. The first-order valence-corrected chi connectivity index (χ1v) is 2.56. The van der Waals surface area contributed by atoms with Gasteiger partial charge in [0.25, 0.3) is 0 Å². The van der Waals surface area contributed by atoms with Crippen LogP contribution in [0.4, 0.5) is 35.1 Å². The maximum absolute atomic E-state index is 10.6. The molecule has 0 fully saturated rings. The second kappa shape index (κ2) is 5.20. The third-order valence-electron chi connectivity index (χ3n) is 0.231. The molecule has 1 nitrogen and oxygen atoms in total. The molecular weight excluding hydrogens is 216 g/mol. The summed E-state index contributed by atoms with van der Waals surface area (Å²) in [6, 6.07) is 0. The minimum absolute atomic E-state index is 0.833. The third kappa shape index (κ3) is 34.5. The zero-order valence-electron chi connectivity index (χ0n) is 6.01. The maximum atomic E-state index is 10.6.